The number of aromatic nitrogens is 4. The second-order valence-electron chi connectivity index (χ2n) is 7.50. The van der Waals surface area contributed by atoms with E-state index in [0.717, 1.165) is 43.3 Å². The van der Waals surface area contributed by atoms with Gasteiger partial charge in [0.1, 0.15) is 17.5 Å². The van der Waals surface area contributed by atoms with Crippen molar-refractivity contribution < 1.29 is 13.6 Å². The number of hydrogen-bond acceptors (Lipinski definition) is 6. The molecule has 8 nitrogen and oxygen atoms in total. The molecular formula is C19H19F2N7O. The fourth-order valence-corrected chi connectivity index (χ4v) is 4.13. The van der Waals surface area contributed by atoms with Crippen molar-refractivity contribution in [1.29, 1.82) is 0 Å². The zero-order valence-corrected chi connectivity index (χ0v) is 15.7. The van der Waals surface area contributed by atoms with E-state index >= 15 is 0 Å². The highest BCUT2D eigenvalue weighted by Crippen LogP contribution is 2.34. The maximum absolute atomic E-state index is 13.7. The minimum absolute atomic E-state index is 0.00877. The Kier molecular flexibility index (Phi) is 4.16. The normalized spacial score (nSPS) is 21.3. The van der Waals surface area contributed by atoms with Crippen LogP contribution in [0.5, 0.6) is 0 Å². The zero-order chi connectivity index (χ0) is 20.1. The van der Waals surface area contributed by atoms with Gasteiger partial charge in [-0.05, 0) is 37.6 Å². The minimum atomic E-state index is -0.779. The number of aryl methyl sites for hydroxylation is 1. The summed E-state index contributed by atoms with van der Waals surface area (Å²) in [6.07, 6.45) is 1.02. The molecule has 2 aromatic heterocycles. The number of amides is 1. The van der Waals surface area contributed by atoms with Crippen LogP contribution in [-0.4, -0.2) is 62.3 Å². The number of piperazine rings is 1. The minimum Gasteiger partial charge on any atom is -0.352 e. The average Bonchev–Trinajstić information content (AvgIpc) is 3.09. The summed E-state index contributed by atoms with van der Waals surface area (Å²) < 4.78 is 28.5. The lowest BCUT2D eigenvalue weighted by Gasteiger charge is -2.56. The molecule has 3 aliphatic heterocycles. The summed E-state index contributed by atoms with van der Waals surface area (Å²) in [4.78, 5) is 16.7. The molecule has 5 heterocycles. The van der Waals surface area contributed by atoms with Crippen LogP contribution in [0.15, 0.2) is 30.3 Å². The monoisotopic (exact) mass is 399 g/mol. The molecule has 150 valence electrons. The molecule has 0 saturated carbocycles. The van der Waals surface area contributed by atoms with Crippen LogP contribution in [0.3, 0.4) is 0 Å². The Hall–Kier alpha value is -3.14. The maximum atomic E-state index is 13.7. The van der Waals surface area contributed by atoms with Gasteiger partial charge < -0.3 is 10.2 Å². The van der Waals surface area contributed by atoms with Gasteiger partial charge in [-0.25, -0.2) is 8.78 Å². The smallest absolute Gasteiger partial charge is 0.238 e. The molecule has 3 aliphatic rings. The first-order chi connectivity index (χ1) is 14.0. The van der Waals surface area contributed by atoms with E-state index in [4.69, 9.17) is 0 Å². The fourth-order valence-electron chi connectivity index (χ4n) is 4.13. The van der Waals surface area contributed by atoms with E-state index in [0.29, 0.717) is 5.65 Å². The van der Waals surface area contributed by atoms with Crippen LogP contribution in [-0.2, 0) is 4.79 Å². The van der Waals surface area contributed by atoms with E-state index in [1.165, 1.54) is 6.07 Å². The predicted octanol–water partition coefficient (Wildman–Crippen LogP) is 1.61. The van der Waals surface area contributed by atoms with Crippen molar-refractivity contribution in [2.24, 2.45) is 0 Å². The highest BCUT2D eigenvalue weighted by atomic mass is 19.1. The summed E-state index contributed by atoms with van der Waals surface area (Å²) in [7, 11) is 0. The van der Waals surface area contributed by atoms with Crippen molar-refractivity contribution in [3.8, 4) is 0 Å². The Labute approximate surface area is 165 Å². The molecule has 6 rings (SSSR count). The molecule has 2 unspecified atom stereocenters. The van der Waals surface area contributed by atoms with Crippen molar-refractivity contribution in [3.05, 3.63) is 47.8 Å². The van der Waals surface area contributed by atoms with Gasteiger partial charge in [-0.1, -0.05) is 0 Å². The molecule has 3 fully saturated rings. The van der Waals surface area contributed by atoms with E-state index in [1.807, 2.05) is 19.1 Å². The van der Waals surface area contributed by atoms with Crippen LogP contribution in [0.2, 0.25) is 0 Å². The molecule has 0 aliphatic carbocycles. The second kappa shape index (κ2) is 6.73. The first-order valence-electron chi connectivity index (χ1n) is 9.42. The lowest BCUT2D eigenvalue weighted by Crippen LogP contribution is -2.69. The molecule has 3 aromatic rings. The average molecular weight is 399 g/mol. The predicted molar refractivity (Wildman–Crippen MR) is 102 cm³/mol. The quantitative estimate of drug-likeness (QED) is 0.718. The molecule has 1 N–H and O–H groups in total. The third-order valence-corrected chi connectivity index (χ3v) is 5.60. The van der Waals surface area contributed by atoms with E-state index in [1.54, 1.807) is 4.52 Å². The van der Waals surface area contributed by atoms with E-state index in [-0.39, 0.29) is 30.2 Å². The van der Waals surface area contributed by atoms with Crippen molar-refractivity contribution in [3.63, 3.8) is 0 Å². The Morgan fingerprint density at radius 2 is 1.97 bits per heavy atom. The first-order valence-corrected chi connectivity index (χ1v) is 9.42. The third kappa shape index (κ3) is 3.19. The fraction of sp³-hybridized carbons (Fsp3) is 0.368. The molecule has 2 atom stereocenters. The second-order valence-corrected chi connectivity index (χ2v) is 7.50. The number of hydrogen-bond donors (Lipinski definition) is 1. The topological polar surface area (TPSA) is 78.7 Å². The van der Waals surface area contributed by atoms with Crippen molar-refractivity contribution in [2.45, 2.75) is 25.4 Å². The number of carbonyl (C=O) groups excluding carboxylic acids is 1. The maximum Gasteiger partial charge on any atom is 0.238 e. The van der Waals surface area contributed by atoms with Gasteiger partial charge in [0.05, 0.1) is 12.2 Å². The van der Waals surface area contributed by atoms with Gasteiger partial charge in [0.15, 0.2) is 11.5 Å². The first kappa shape index (κ1) is 17.9. The van der Waals surface area contributed by atoms with Crippen LogP contribution in [0.4, 0.5) is 20.3 Å². The Balaban J connectivity index is 1.23. The lowest BCUT2D eigenvalue weighted by atomic mass is 9.87. The van der Waals surface area contributed by atoms with E-state index in [2.05, 4.69) is 30.4 Å². The number of anilines is 2. The lowest BCUT2D eigenvalue weighted by molar-refractivity contribution is -0.121. The number of fused-ring (bicyclic) bond motifs is 3. The van der Waals surface area contributed by atoms with Gasteiger partial charge in [-0.15, -0.1) is 15.3 Å². The van der Waals surface area contributed by atoms with E-state index in [9.17, 15) is 13.6 Å². The number of rotatable bonds is 4. The Morgan fingerprint density at radius 1 is 1.17 bits per heavy atom. The highest BCUT2D eigenvalue weighted by Gasteiger charge is 2.45. The van der Waals surface area contributed by atoms with Crippen molar-refractivity contribution in [2.75, 3.05) is 29.9 Å². The van der Waals surface area contributed by atoms with Crippen LogP contribution in [0, 0.1) is 18.6 Å². The highest BCUT2D eigenvalue weighted by molar-refractivity contribution is 5.92. The molecule has 3 saturated heterocycles. The van der Waals surface area contributed by atoms with Gasteiger partial charge in [0.25, 0.3) is 0 Å². The third-order valence-electron chi connectivity index (χ3n) is 5.60. The summed E-state index contributed by atoms with van der Waals surface area (Å²) in [6.45, 7) is 3.55. The molecule has 0 radical (unpaired) electrons. The Morgan fingerprint density at radius 3 is 2.72 bits per heavy atom. The molecule has 2 bridgehead atoms. The van der Waals surface area contributed by atoms with Gasteiger partial charge in [0, 0.05) is 31.2 Å². The number of carbonyl (C=O) groups is 1. The number of nitrogens with zero attached hydrogens (tertiary/aromatic N) is 6. The number of piperidine rings is 1. The summed E-state index contributed by atoms with van der Waals surface area (Å²) in [5, 5.41) is 15.2. The largest absolute Gasteiger partial charge is 0.352 e. The SMILES string of the molecule is Cc1nnc2ccc(N3CC4CC(C3)N4CC(=O)Nc3ccc(F)cc3F)nn12. The summed E-state index contributed by atoms with van der Waals surface area (Å²) in [5.74, 6) is -0.174. The molecule has 1 aromatic carbocycles. The molecule has 1 amide bonds. The van der Waals surface area contributed by atoms with Crippen LogP contribution in [0.25, 0.3) is 5.65 Å². The zero-order valence-electron chi connectivity index (χ0n) is 15.7. The molecular weight excluding hydrogens is 380 g/mol. The van der Waals surface area contributed by atoms with E-state index < -0.39 is 11.6 Å². The van der Waals surface area contributed by atoms with Crippen LogP contribution >= 0.6 is 0 Å². The van der Waals surface area contributed by atoms with Crippen LogP contribution < -0.4 is 10.2 Å². The summed E-state index contributed by atoms with van der Waals surface area (Å²) >= 11 is 0. The molecule has 29 heavy (non-hydrogen) atoms. The number of halogens is 2. The summed E-state index contributed by atoms with van der Waals surface area (Å²) in [5.41, 5.74) is 0.699. The molecule has 10 heteroatoms. The number of nitrogens with one attached hydrogen (secondary N) is 1. The number of benzene rings is 1. The summed E-state index contributed by atoms with van der Waals surface area (Å²) in [6, 6.07) is 7.40. The van der Waals surface area contributed by atoms with Crippen molar-refractivity contribution in [1.82, 2.24) is 24.7 Å². The van der Waals surface area contributed by atoms with Gasteiger partial charge in [0.2, 0.25) is 5.91 Å². The standard InChI is InChI=1S/C19H19F2N7O/c1-11-23-24-17-4-5-18(25-28(11)17)26-8-13-7-14(9-26)27(13)10-19(29)22-16-3-2-12(20)6-15(16)21/h2-6,13-14H,7-10H2,1H3,(H,22,29). The van der Waals surface area contributed by atoms with Gasteiger partial charge >= 0.3 is 0 Å². The molecule has 0 spiro atoms. The van der Waals surface area contributed by atoms with Crippen molar-refractivity contribution >= 4 is 23.1 Å². The Bertz CT molecular complexity index is 1090. The van der Waals surface area contributed by atoms with Gasteiger partial charge in [-0.2, -0.15) is 4.52 Å². The van der Waals surface area contributed by atoms with Crippen LogP contribution in [0.1, 0.15) is 12.2 Å². The van der Waals surface area contributed by atoms with Gasteiger partial charge in [-0.3, -0.25) is 9.69 Å².